The van der Waals surface area contributed by atoms with E-state index >= 15 is 0 Å². The summed E-state index contributed by atoms with van der Waals surface area (Å²) in [5.74, 6) is 0. The average molecular weight is 278 g/mol. The first-order valence-corrected chi connectivity index (χ1v) is 7.02. The van der Waals surface area contributed by atoms with Crippen molar-refractivity contribution < 1.29 is 0 Å². The van der Waals surface area contributed by atoms with Crippen LogP contribution in [0.2, 0.25) is 0 Å². The van der Waals surface area contributed by atoms with Gasteiger partial charge in [0.1, 0.15) is 0 Å². The Kier molecular flexibility index (Phi) is 3.62. The zero-order valence-corrected chi connectivity index (χ0v) is 12.5. The lowest BCUT2D eigenvalue weighted by Gasteiger charge is -2.19. The Bertz CT molecular complexity index is 783. The third-order valence-electron chi connectivity index (χ3n) is 3.68. The molecule has 4 heteroatoms. The maximum Gasteiger partial charge on any atom is 0.0702 e. The van der Waals surface area contributed by atoms with Gasteiger partial charge < -0.3 is 5.32 Å². The first kappa shape index (κ1) is 13.6. The summed E-state index contributed by atoms with van der Waals surface area (Å²) in [6.07, 6.45) is 1.93. The number of aryl methyl sites for hydroxylation is 2. The van der Waals surface area contributed by atoms with Crippen LogP contribution in [-0.4, -0.2) is 22.2 Å². The minimum absolute atomic E-state index is 0.0660. The summed E-state index contributed by atoms with van der Waals surface area (Å²) in [5.41, 5.74) is 5.14. The number of hydrogen-bond donors (Lipinski definition) is 1. The molecule has 1 aromatic carbocycles. The first-order chi connectivity index (χ1) is 10.2. The number of hydrogen-bond acceptors (Lipinski definition) is 4. The van der Waals surface area contributed by atoms with Crippen molar-refractivity contribution in [2.45, 2.75) is 19.9 Å². The largest absolute Gasteiger partial charge is 0.309 e. The van der Waals surface area contributed by atoms with Crippen LogP contribution in [0.3, 0.4) is 0 Å². The van der Waals surface area contributed by atoms with Gasteiger partial charge in [0.05, 0.1) is 22.9 Å². The lowest BCUT2D eigenvalue weighted by atomic mass is 9.98. The number of benzene rings is 1. The maximum atomic E-state index is 4.55. The van der Waals surface area contributed by atoms with Crippen molar-refractivity contribution in [1.82, 2.24) is 20.5 Å². The molecule has 1 unspecified atom stereocenters. The molecule has 4 nitrogen and oxygen atoms in total. The molecular weight excluding hydrogens is 260 g/mol. The molecular formula is C17H18N4. The van der Waals surface area contributed by atoms with Gasteiger partial charge in [0.25, 0.3) is 0 Å². The van der Waals surface area contributed by atoms with Crippen LogP contribution < -0.4 is 5.32 Å². The second-order valence-electron chi connectivity index (χ2n) is 5.21. The molecule has 0 saturated carbocycles. The Hall–Kier alpha value is -2.33. The van der Waals surface area contributed by atoms with Crippen LogP contribution in [-0.2, 0) is 0 Å². The molecule has 0 radical (unpaired) electrons. The van der Waals surface area contributed by atoms with E-state index in [0.29, 0.717) is 0 Å². The Labute approximate surface area is 124 Å². The topological polar surface area (TPSA) is 50.7 Å². The summed E-state index contributed by atoms with van der Waals surface area (Å²) >= 11 is 0. The van der Waals surface area contributed by atoms with Crippen molar-refractivity contribution in [3.8, 4) is 0 Å². The molecule has 2 aromatic heterocycles. The predicted octanol–water partition coefficient (Wildman–Crippen LogP) is 2.95. The SMILES string of the molecule is CNC(c1cnc2ccccc2c1)c1cc(C)nnc1C. The highest BCUT2D eigenvalue weighted by Gasteiger charge is 2.16. The molecule has 0 aliphatic heterocycles. The van der Waals surface area contributed by atoms with Gasteiger partial charge in [0.15, 0.2) is 0 Å². The Morgan fingerprint density at radius 3 is 2.67 bits per heavy atom. The van der Waals surface area contributed by atoms with Crippen LogP contribution >= 0.6 is 0 Å². The first-order valence-electron chi connectivity index (χ1n) is 7.02. The summed E-state index contributed by atoms with van der Waals surface area (Å²) in [6.45, 7) is 3.95. The number of aromatic nitrogens is 3. The summed E-state index contributed by atoms with van der Waals surface area (Å²) < 4.78 is 0. The van der Waals surface area contributed by atoms with Crippen molar-refractivity contribution >= 4 is 10.9 Å². The quantitative estimate of drug-likeness (QED) is 0.800. The second kappa shape index (κ2) is 5.58. The zero-order chi connectivity index (χ0) is 14.8. The van der Waals surface area contributed by atoms with Crippen LogP contribution in [0.1, 0.15) is 28.6 Å². The summed E-state index contributed by atoms with van der Waals surface area (Å²) in [6, 6.07) is 12.5. The van der Waals surface area contributed by atoms with Crippen LogP contribution in [0.4, 0.5) is 0 Å². The van der Waals surface area contributed by atoms with E-state index in [0.717, 1.165) is 33.4 Å². The van der Waals surface area contributed by atoms with Crippen molar-refractivity contribution in [3.05, 3.63) is 65.1 Å². The zero-order valence-electron chi connectivity index (χ0n) is 12.5. The monoisotopic (exact) mass is 278 g/mol. The number of fused-ring (bicyclic) bond motifs is 1. The van der Waals surface area contributed by atoms with E-state index in [1.54, 1.807) is 0 Å². The molecule has 1 atom stereocenters. The van der Waals surface area contributed by atoms with Gasteiger partial charge in [-0.2, -0.15) is 10.2 Å². The lowest BCUT2D eigenvalue weighted by molar-refractivity contribution is 0.674. The normalized spacial score (nSPS) is 12.5. The van der Waals surface area contributed by atoms with Gasteiger partial charge in [-0.25, -0.2) is 0 Å². The molecule has 106 valence electrons. The van der Waals surface area contributed by atoms with Crippen molar-refractivity contribution in [2.75, 3.05) is 7.05 Å². The Morgan fingerprint density at radius 1 is 1.05 bits per heavy atom. The molecule has 0 spiro atoms. The van der Waals surface area contributed by atoms with Crippen molar-refractivity contribution in [1.29, 1.82) is 0 Å². The van der Waals surface area contributed by atoms with Gasteiger partial charge in [-0.15, -0.1) is 0 Å². The number of nitrogens with one attached hydrogen (secondary N) is 1. The van der Waals surface area contributed by atoms with Crippen LogP contribution in [0, 0.1) is 13.8 Å². The van der Waals surface area contributed by atoms with Crippen molar-refractivity contribution in [2.24, 2.45) is 0 Å². The maximum absolute atomic E-state index is 4.55. The van der Waals surface area contributed by atoms with E-state index < -0.39 is 0 Å². The van der Waals surface area contributed by atoms with Gasteiger partial charge in [-0.3, -0.25) is 4.98 Å². The smallest absolute Gasteiger partial charge is 0.0702 e. The Balaban J connectivity index is 2.11. The van der Waals surface area contributed by atoms with Gasteiger partial charge in [-0.1, -0.05) is 18.2 Å². The van der Waals surface area contributed by atoms with Gasteiger partial charge in [0.2, 0.25) is 0 Å². The van der Waals surface area contributed by atoms with Crippen LogP contribution in [0.25, 0.3) is 10.9 Å². The number of nitrogens with zero attached hydrogens (tertiary/aromatic N) is 3. The Morgan fingerprint density at radius 2 is 1.86 bits per heavy atom. The summed E-state index contributed by atoms with van der Waals surface area (Å²) in [4.78, 5) is 4.55. The molecule has 1 N–H and O–H groups in total. The van der Waals surface area contributed by atoms with E-state index in [9.17, 15) is 0 Å². The van der Waals surface area contributed by atoms with Gasteiger partial charge in [-0.05, 0) is 50.2 Å². The highest BCUT2D eigenvalue weighted by atomic mass is 15.1. The highest BCUT2D eigenvalue weighted by molar-refractivity contribution is 5.79. The lowest BCUT2D eigenvalue weighted by Crippen LogP contribution is -2.20. The standard InChI is InChI=1S/C17H18N4/c1-11-8-15(12(2)21-20-11)17(18-3)14-9-13-6-4-5-7-16(13)19-10-14/h4-10,17-18H,1-3H3. The van der Waals surface area contributed by atoms with Gasteiger partial charge >= 0.3 is 0 Å². The minimum Gasteiger partial charge on any atom is -0.309 e. The van der Waals surface area contributed by atoms with E-state index in [2.05, 4.69) is 38.7 Å². The van der Waals surface area contributed by atoms with E-state index in [1.807, 2.05) is 45.3 Å². The van der Waals surface area contributed by atoms with E-state index in [-0.39, 0.29) is 6.04 Å². The van der Waals surface area contributed by atoms with Crippen LogP contribution in [0.15, 0.2) is 42.6 Å². The fourth-order valence-corrected chi connectivity index (χ4v) is 2.61. The summed E-state index contributed by atoms with van der Waals surface area (Å²) in [7, 11) is 1.95. The minimum atomic E-state index is 0.0660. The second-order valence-corrected chi connectivity index (χ2v) is 5.21. The molecule has 0 fully saturated rings. The third kappa shape index (κ3) is 2.62. The summed E-state index contributed by atoms with van der Waals surface area (Å²) in [5, 5.41) is 12.8. The highest BCUT2D eigenvalue weighted by Crippen LogP contribution is 2.25. The fraction of sp³-hybridized carbons (Fsp3) is 0.235. The van der Waals surface area contributed by atoms with Crippen LogP contribution in [0.5, 0.6) is 0 Å². The number of para-hydroxylation sites is 1. The van der Waals surface area contributed by atoms with Gasteiger partial charge in [0, 0.05) is 11.6 Å². The average Bonchev–Trinajstić information content (AvgIpc) is 2.51. The molecule has 0 aliphatic carbocycles. The molecule has 3 aromatic rings. The molecule has 0 saturated heterocycles. The molecule has 0 amide bonds. The van der Waals surface area contributed by atoms with Crippen molar-refractivity contribution in [3.63, 3.8) is 0 Å². The molecule has 21 heavy (non-hydrogen) atoms. The molecule has 0 aliphatic rings. The van der Waals surface area contributed by atoms with E-state index in [1.165, 1.54) is 0 Å². The molecule has 0 bridgehead atoms. The molecule has 3 rings (SSSR count). The molecule has 2 heterocycles. The number of rotatable bonds is 3. The number of pyridine rings is 1. The predicted molar refractivity (Wildman–Crippen MR) is 84.2 cm³/mol. The third-order valence-corrected chi connectivity index (χ3v) is 3.68. The fourth-order valence-electron chi connectivity index (χ4n) is 2.61. The van der Waals surface area contributed by atoms with E-state index in [4.69, 9.17) is 0 Å².